The summed E-state index contributed by atoms with van der Waals surface area (Å²) in [7, 11) is -8.71. The Bertz CT molecular complexity index is 1630. The van der Waals surface area contributed by atoms with E-state index in [1.165, 1.54) is 29.4 Å². The van der Waals surface area contributed by atoms with Gasteiger partial charge >= 0.3 is 6.09 Å². The Morgan fingerprint density at radius 1 is 1.07 bits per heavy atom. The molecule has 2 atom stereocenters. The quantitative estimate of drug-likeness (QED) is 0.505. The van der Waals surface area contributed by atoms with E-state index < -0.39 is 59.0 Å². The van der Waals surface area contributed by atoms with Crippen LogP contribution in [0.3, 0.4) is 0 Å². The van der Waals surface area contributed by atoms with E-state index in [0.29, 0.717) is 35.5 Å². The molecule has 1 aliphatic heterocycles. The number of fused-ring (bicyclic) bond motifs is 1. The van der Waals surface area contributed by atoms with Crippen molar-refractivity contribution in [3.05, 3.63) is 59.6 Å². The number of rotatable bonds is 5. The summed E-state index contributed by atoms with van der Waals surface area (Å²) >= 11 is 0. The van der Waals surface area contributed by atoms with Crippen molar-refractivity contribution in [2.75, 3.05) is 13.1 Å². The van der Waals surface area contributed by atoms with Gasteiger partial charge in [-0.25, -0.2) is 39.7 Å². The summed E-state index contributed by atoms with van der Waals surface area (Å²) in [6.45, 7) is 8.46. The van der Waals surface area contributed by atoms with E-state index in [2.05, 4.69) is 10.9 Å². The van der Waals surface area contributed by atoms with Gasteiger partial charge in [-0.05, 0) is 65.7 Å². The van der Waals surface area contributed by atoms with Gasteiger partial charge in [0, 0.05) is 24.7 Å². The van der Waals surface area contributed by atoms with Gasteiger partial charge in [0.25, 0.3) is 5.91 Å². The molecule has 40 heavy (non-hydrogen) atoms. The number of sulfonamides is 1. The van der Waals surface area contributed by atoms with Crippen LogP contribution in [0.4, 0.5) is 9.18 Å². The van der Waals surface area contributed by atoms with Gasteiger partial charge in [0.15, 0.2) is 0 Å². The molecule has 1 aromatic carbocycles. The van der Waals surface area contributed by atoms with E-state index >= 15 is 4.39 Å². The molecule has 0 spiro atoms. The number of benzene rings is 1. The fourth-order valence-electron chi connectivity index (χ4n) is 5.01. The first-order chi connectivity index (χ1) is 18.5. The molecule has 11 nitrogen and oxygen atoms in total. The summed E-state index contributed by atoms with van der Waals surface area (Å²) in [6.07, 6.45) is 5.81. The second-order valence-electron chi connectivity index (χ2n) is 11.1. The van der Waals surface area contributed by atoms with Crippen molar-refractivity contribution in [2.45, 2.75) is 63.1 Å². The second-order valence-corrected chi connectivity index (χ2v) is 15.3. The number of allylic oxidation sites excluding steroid dienone is 2. The second kappa shape index (κ2) is 10.3. The van der Waals surface area contributed by atoms with E-state index in [0.717, 1.165) is 18.3 Å². The van der Waals surface area contributed by atoms with Gasteiger partial charge in [0.05, 0.1) is 5.56 Å². The van der Waals surface area contributed by atoms with Crippen molar-refractivity contribution in [3.63, 3.8) is 0 Å². The van der Waals surface area contributed by atoms with Crippen LogP contribution in [0, 0.1) is 5.82 Å². The van der Waals surface area contributed by atoms with Crippen molar-refractivity contribution >= 4 is 42.9 Å². The number of nitrogens with zero attached hydrogens (tertiary/aromatic N) is 2. The summed E-state index contributed by atoms with van der Waals surface area (Å²) < 4.78 is 76.0. The maximum absolute atomic E-state index is 15.2. The maximum atomic E-state index is 15.2. The van der Waals surface area contributed by atoms with Gasteiger partial charge in [0.1, 0.15) is 26.9 Å². The van der Waals surface area contributed by atoms with Gasteiger partial charge < -0.3 is 4.74 Å². The van der Waals surface area contributed by atoms with E-state index in [1.807, 2.05) is 0 Å². The molecule has 14 heteroatoms. The Kier molecular flexibility index (Phi) is 7.67. The highest BCUT2D eigenvalue weighted by Gasteiger charge is 2.53. The summed E-state index contributed by atoms with van der Waals surface area (Å²) in [5.74, 6) is -1.78. The average Bonchev–Trinajstić information content (AvgIpc) is 3.53. The molecule has 0 bridgehead atoms. The predicted octanol–water partition coefficient (Wildman–Crippen LogP) is 3.20. The molecule has 1 aromatic heterocycles. The van der Waals surface area contributed by atoms with E-state index in [9.17, 15) is 26.4 Å². The Labute approximate surface area is 233 Å². The van der Waals surface area contributed by atoms with Crippen LogP contribution in [0.2, 0.25) is 0 Å². The molecule has 2 N–H and O–H groups in total. The molecule has 2 unspecified atom stereocenters. The Morgan fingerprint density at radius 2 is 1.73 bits per heavy atom. The topological polar surface area (TPSA) is 144 Å². The minimum Gasteiger partial charge on any atom is -0.443 e. The Morgan fingerprint density at radius 3 is 2.35 bits per heavy atom. The lowest BCUT2D eigenvalue weighted by molar-refractivity contribution is 0.0483. The average molecular weight is 597 g/mol. The normalized spacial score (nSPS) is 22.2. The fourth-order valence-corrected chi connectivity index (χ4v) is 9.54. The highest BCUT2D eigenvalue weighted by Crippen LogP contribution is 2.39. The third-order valence-electron chi connectivity index (χ3n) is 6.86. The SMILES string of the molecule is CC1=CC(C)(S(=O)(=O)n2ccc3c(C(=O)NNC(=O)OC(C)(C)C)ccc(F)c32)C(S(=O)(=O)N2CCCC2)C=C1. The molecule has 2 aromatic rings. The van der Waals surface area contributed by atoms with Gasteiger partial charge in [-0.15, -0.1) is 0 Å². The van der Waals surface area contributed by atoms with Crippen molar-refractivity contribution in [1.29, 1.82) is 0 Å². The predicted molar refractivity (Wildman–Crippen MR) is 148 cm³/mol. The van der Waals surface area contributed by atoms with Crippen LogP contribution in [0.1, 0.15) is 57.8 Å². The molecule has 0 radical (unpaired) electrons. The van der Waals surface area contributed by atoms with Crippen LogP contribution in [0.15, 0.2) is 48.2 Å². The van der Waals surface area contributed by atoms with E-state index in [4.69, 9.17) is 4.74 Å². The number of carbonyl (C=O) groups is 2. The number of ether oxygens (including phenoxy) is 1. The molecule has 218 valence electrons. The van der Waals surface area contributed by atoms with E-state index in [1.54, 1.807) is 33.8 Å². The van der Waals surface area contributed by atoms with Gasteiger partial charge in [0.2, 0.25) is 20.0 Å². The minimum atomic E-state index is -4.63. The number of carbonyl (C=O) groups excluding carboxylic acids is 2. The fraction of sp³-hybridized carbons (Fsp3) is 0.462. The summed E-state index contributed by atoms with van der Waals surface area (Å²) in [4.78, 5) is 24.8. The summed E-state index contributed by atoms with van der Waals surface area (Å²) in [6, 6.07) is 3.33. The Hall–Kier alpha value is -3.23. The molecule has 2 heterocycles. The van der Waals surface area contributed by atoms with Gasteiger partial charge in [-0.3, -0.25) is 10.2 Å². The van der Waals surface area contributed by atoms with Crippen LogP contribution in [-0.2, 0) is 24.8 Å². The largest absolute Gasteiger partial charge is 0.443 e. The number of hydrazine groups is 1. The zero-order valence-corrected chi connectivity index (χ0v) is 24.5. The molecule has 2 amide bonds. The molecular formula is C26H33FN4O7S2. The highest BCUT2D eigenvalue weighted by molar-refractivity contribution is 7.95. The first kappa shape index (κ1) is 29.7. The maximum Gasteiger partial charge on any atom is 0.426 e. The number of hydrogen-bond acceptors (Lipinski definition) is 7. The smallest absolute Gasteiger partial charge is 0.426 e. The number of hydrogen-bond donors (Lipinski definition) is 2. The lowest BCUT2D eigenvalue weighted by Crippen LogP contribution is -2.54. The van der Waals surface area contributed by atoms with Crippen LogP contribution in [-0.4, -0.2) is 65.8 Å². The van der Waals surface area contributed by atoms with Crippen LogP contribution >= 0.6 is 0 Å². The van der Waals surface area contributed by atoms with Crippen LogP contribution in [0.5, 0.6) is 0 Å². The molecule has 2 aliphatic rings. The first-order valence-electron chi connectivity index (χ1n) is 12.7. The number of nitrogens with one attached hydrogen (secondary N) is 2. The zero-order chi connectivity index (χ0) is 29.7. The van der Waals surface area contributed by atoms with Crippen molar-refractivity contribution in [2.24, 2.45) is 0 Å². The van der Waals surface area contributed by atoms with Gasteiger partial charge in [-0.1, -0.05) is 23.8 Å². The van der Waals surface area contributed by atoms with Crippen molar-refractivity contribution in [3.8, 4) is 0 Å². The number of halogens is 1. The monoisotopic (exact) mass is 596 g/mol. The third-order valence-corrected chi connectivity index (χ3v) is 11.7. The van der Waals surface area contributed by atoms with Crippen LogP contribution < -0.4 is 10.9 Å². The molecule has 0 saturated carbocycles. The lowest BCUT2D eigenvalue weighted by atomic mass is 9.97. The van der Waals surface area contributed by atoms with Gasteiger partial charge in [-0.2, -0.15) is 0 Å². The number of amides is 2. The highest BCUT2D eigenvalue weighted by atomic mass is 32.2. The third kappa shape index (κ3) is 5.27. The minimum absolute atomic E-state index is 0.0540. The summed E-state index contributed by atoms with van der Waals surface area (Å²) in [5, 5.41) is -1.52. The Balaban J connectivity index is 1.76. The molecule has 1 aliphatic carbocycles. The van der Waals surface area contributed by atoms with Crippen molar-refractivity contribution in [1.82, 2.24) is 19.1 Å². The van der Waals surface area contributed by atoms with Crippen LogP contribution in [0.25, 0.3) is 10.9 Å². The zero-order valence-electron chi connectivity index (χ0n) is 22.9. The standard InChI is InChI=1S/C26H33FN4O7S2/c1-17-8-11-21(39(34,35)30-13-6-7-14-30)26(5,16-17)40(36,37)31-15-12-18-19(9-10-20(27)22(18)31)23(32)28-29-24(33)38-25(2,3)4/h8-12,15-16,21H,6-7,13-14H2,1-5H3,(H,28,32)(H,29,33). The number of aromatic nitrogens is 1. The summed E-state index contributed by atoms with van der Waals surface area (Å²) in [5.41, 5.74) is 3.43. The van der Waals surface area contributed by atoms with E-state index in [-0.39, 0.29) is 10.9 Å². The molecular weight excluding hydrogens is 563 g/mol. The molecule has 1 fully saturated rings. The van der Waals surface area contributed by atoms with Crippen molar-refractivity contribution < 1.29 is 35.6 Å². The first-order valence-corrected chi connectivity index (χ1v) is 15.6. The lowest BCUT2D eigenvalue weighted by Gasteiger charge is -2.37. The molecule has 4 rings (SSSR count). The molecule has 1 saturated heterocycles.